The van der Waals surface area contributed by atoms with Crippen LogP contribution in [0.5, 0.6) is 0 Å². The zero-order valence-corrected chi connectivity index (χ0v) is 14.2. The number of hydrogen-bond acceptors (Lipinski definition) is 5. The smallest absolute Gasteiger partial charge is 0.217 e. The predicted molar refractivity (Wildman–Crippen MR) is 93.5 cm³/mol. The molecule has 1 fully saturated rings. The van der Waals surface area contributed by atoms with Crippen LogP contribution in [0.1, 0.15) is 30.5 Å². The third-order valence-electron chi connectivity index (χ3n) is 4.59. The van der Waals surface area contributed by atoms with Gasteiger partial charge in [0.25, 0.3) is 0 Å². The Hall–Kier alpha value is -2.50. The van der Waals surface area contributed by atoms with Gasteiger partial charge in [0.05, 0.1) is 0 Å². The quantitative estimate of drug-likeness (QED) is 0.932. The monoisotopic (exact) mass is 325 g/mol. The van der Waals surface area contributed by atoms with Crippen LogP contribution in [0.3, 0.4) is 0 Å². The topological polar surface area (TPSA) is 85.0 Å². The van der Waals surface area contributed by atoms with Crippen molar-refractivity contribution < 1.29 is 4.79 Å². The number of amides is 1. The second-order valence-corrected chi connectivity index (χ2v) is 6.45. The van der Waals surface area contributed by atoms with Crippen molar-refractivity contribution in [3.05, 3.63) is 35.8 Å². The van der Waals surface area contributed by atoms with Gasteiger partial charge in [-0.15, -0.1) is 0 Å². The molecular formula is C18H23N5O. The van der Waals surface area contributed by atoms with Gasteiger partial charge in [0, 0.05) is 48.7 Å². The number of aromatic nitrogens is 3. The van der Waals surface area contributed by atoms with E-state index in [0.29, 0.717) is 18.2 Å². The maximum atomic E-state index is 11.2. The van der Waals surface area contributed by atoms with E-state index in [1.54, 1.807) is 12.4 Å². The van der Waals surface area contributed by atoms with E-state index in [-0.39, 0.29) is 5.91 Å². The highest BCUT2D eigenvalue weighted by atomic mass is 16.1. The lowest BCUT2D eigenvalue weighted by Crippen LogP contribution is -2.38. The van der Waals surface area contributed by atoms with Crippen LogP contribution in [0.25, 0.3) is 11.4 Å². The van der Waals surface area contributed by atoms with Gasteiger partial charge in [0.1, 0.15) is 5.82 Å². The van der Waals surface area contributed by atoms with Crippen LogP contribution < -0.4 is 10.6 Å². The van der Waals surface area contributed by atoms with Gasteiger partial charge in [-0.25, -0.2) is 9.97 Å². The zero-order chi connectivity index (χ0) is 17.1. The molecule has 3 rings (SSSR count). The van der Waals surface area contributed by atoms with Crippen LogP contribution in [0.4, 0.5) is 5.82 Å². The Labute approximate surface area is 142 Å². The van der Waals surface area contributed by atoms with Crippen LogP contribution in [0, 0.1) is 19.8 Å². The number of nitrogens with zero attached hydrogens (tertiary/aromatic N) is 4. The van der Waals surface area contributed by atoms with Crippen molar-refractivity contribution in [3.8, 4) is 11.4 Å². The lowest BCUT2D eigenvalue weighted by Gasteiger charge is -2.34. The van der Waals surface area contributed by atoms with Gasteiger partial charge in [-0.2, -0.15) is 0 Å². The molecule has 1 atom stereocenters. The molecule has 1 saturated heterocycles. The second kappa shape index (κ2) is 6.95. The molecule has 126 valence electrons. The number of piperidine rings is 1. The van der Waals surface area contributed by atoms with E-state index >= 15 is 0 Å². The van der Waals surface area contributed by atoms with Crippen molar-refractivity contribution in [1.82, 2.24) is 15.0 Å². The molecule has 0 saturated carbocycles. The van der Waals surface area contributed by atoms with E-state index in [4.69, 9.17) is 10.7 Å². The molecule has 1 aliphatic heterocycles. The molecule has 3 heterocycles. The van der Waals surface area contributed by atoms with Crippen LogP contribution in [-0.2, 0) is 4.79 Å². The molecule has 1 unspecified atom stereocenters. The first-order valence-corrected chi connectivity index (χ1v) is 8.33. The summed E-state index contributed by atoms with van der Waals surface area (Å²) in [5, 5.41) is 0. The number of carbonyl (C=O) groups excluding carboxylic acids is 1. The summed E-state index contributed by atoms with van der Waals surface area (Å²) in [5.41, 5.74) is 8.34. The minimum Gasteiger partial charge on any atom is -0.370 e. The third kappa shape index (κ3) is 3.53. The van der Waals surface area contributed by atoms with Gasteiger partial charge >= 0.3 is 0 Å². The van der Waals surface area contributed by atoms with Gasteiger partial charge in [0.2, 0.25) is 5.91 Å². The molecular weight excluding hydrogens is 302 g/mol. The molecule has 2 N–H and O–H groups in total. The standard InChI is InChI=1S/C18H23N5O/c1-12-13(2)21-17(15-6-3-7-20-10-15)22-18(12)23-8-4-5-14(11-23)9-16(19)24/h3,6-7,10,14H,4-5,8-9,11H2,1-2H3,(H2,19,24). The molecule has 0 aromatic carbocycles. The summed E-state index contributed by atoms with van der Waals surface area (Å²) in [6.07, 6.45) is 6.04. The number of aryl methyl sites for hydroxylation is 1. The summed E-state index contributed by atoms with van der Waals surface area (Å²) in [5.74, 6) is 1.72. The van der Waals surface area contributed by atoms with E-state index in [0.717, 1.165) is 48.6 Å². The predicted octanol–water partition coefficient (Wildman–Crippen LogP) is 2.25. The highest BCUT2D eigenvalue weighted by molar-refractivity contribution is 5.74. The largest absolute Gasteiger partial charge is 0.370 e. The second-order valence-electron chi connectivity index (χ2n) is 6.45. The van der Waals surface area contributed by atoms with Crippen molar-refractivity contribution in [2.45, 2.75) is 33.1 Å². The van der Waals surface area contributed by atoms with Gasteiger partial charge in [0.15, 0.2) is 5.82 Å². The molecule has 1 aliphatic rings. The molecule has 1 amide bonds. The first-order chi connectivity index (χ1) is 11.5. The Bertz CT molecular complexity index is 732. The van der Waals surface area contributed by atoms with Gasteiger partial charge in [-0.1, -0.05) is 0 Å². The summed E-state index contributed by atoms with van der Waals surface area (Å²) in [7, 11) is 0. The highest BCUT2D eigenvalue weighted by Crippen LogP contribution is 2.28. The van der Waals surface area contributed by atoms with E-state index in [1.165, 1.54) is 0 Å². The van der Waals surface area contributed by atoms with Crippen molar-refractivity contribution in [1.29, 1.82) is 0 Å². The van der Waals surface area contributed by atoms with Gasteiger partial charge in [-0.3, -0.25) is 9.78 Å². The van der Waals surface area contributed by atoms with Crippen LogP contribution in [-0.4, -0.2) is 33.9 Å². The first kappa shape index (κ1) is 16.4. The van der Waals surface area contributed by atoms with Crippen molar-refractivity contribution in [2.24, 2.45) is 11.7 Å². The summed E-state index contributed by atoms with van der Waals surface area (Å²) >= 11 is 0. The Morgan fingerprint density at radius 1 is 1.38 bits per heavy atom. The first-order valence-electron chi connectivity index (χ1n) is 8.33. The number of rotatable bonds is 4. The summed E-state index contributed by atoms with van der Waals surface area (Å²) in [4.78, 5) is 27.1. The van der Waals surface area contributed by atoms with Crippen LogP contribution in [0.2, 0.25) is 0 Å². The maximum Gasteiger partial charge on any atom is 0.217 e. The third-order valence-corrected chi connectivity index (χ3v) is 4.59. The van der Waals surface area contributed by atoms with Gasteiger partial charge in [-0.05, 0) is 44.7 Å². The number of nitrogens with two attached hydrogens (primary N) is 1. The van der Waals surface area contributed by atoms with Crippen LogP contribution in [0.15, 0.2) is 24.5 Å². The minimum absolute atomic E-state index is 0.228. The Morgan fingerprint density at radius 2 is 2.21 bits per heavy atom. The number of hydrogen-bond donors (Lipinski definition) is 1. The molecule has 0 aliphatic carbocycles. The SMILES string of the molecule is Cc1nc(-c2cccnc2)nc(N2CCCC(CC(N)=O)C2)c1C. The number of carbonyl (C=O) groups is 1. The number of pyridine rings is 1. The van der Waals surface area contributed by atoms with E-state index in [9.17, 15) is 4.79 Å². The van der Waals surface area contributed by atoms with Crippen molar-refractivity contribution >= 4 is 11.7 Å². The lowest BCUT2D eigenvalue weighted by molar-refractivity contribution is -0.118. The van der Waals surface area contributed by atoms with E-state index in [1.807, 2.05) is 19.1 Å². The molecule has 0 radical (unpaired) electrons. The fourth-order valence-electron chi connectivity index (χ4n) is 3.25. The molecule has 24 heavy (non-hydrogen) atoms. The minimum atomic E-state index is -0.228. The molecule has 2 aromatic rings. The maximum absolute atomic E-state index is 11.2. The summed E-state index contributed by atoms with van der Waals surface area (Å²) < 4.78 is 0. The fourth-order valence-corrected chi connectivity index (χ4v) is 3.25. The Kier molecular flexibility index (Phi) is 4.74. The average molecular weight is 325 g/mol. The Morgan fingerprint density at radius 3 is 2.92 bits per heavy atom. The summed E-state index contributed by atoms with van der Waals surface area (Å²) in [6, 6.07) is 3.85. The fraction of sp³-hybridized carbons (Fsp3) is 0.444. The molecule has 2 aromatic heterocycles. The van der Waals surface area contributed by atoms with Crippen molar-refractivity contribution in [2.75, 3.05) is 18.0 Å². The molecule has 6 nitrogen and oxygen atoms in total. The summed E-state index contributed by atoms with van der Waals surface area (Å²) in [6.45, 7) is 5.81. The van der Waals surface area contributed by atoms with Gasteiger partial charge < -0.3 is 10.6 Å². The number of anilines is 1. The van der Waals surface area contributed by atoms with E-state index < -0.39 is 0 Å². The molecule has 0 spiro atoms. The lowest BCUT2D eigenvalue weighted by atomic mass is 9.94. The normalized spacial score (nSPS) is 17.8. The van der Waals surface area contributed by atoms with Crippen LogP contribution >= 0.6 is 0 Å². The van der Waals surface area contributed by atoms with E-state index in [2.05, 4.69) is 21.8 Å². The Balaban J connectivity index is 1.92. The average Bonchev–Trinajstić information content (AvgIpc) is 2.57. The highest BCUT2D eigenvalue weighted by Gasteiger charge is 2.24. The van der Waals surface area contributed by atoms with Crippen molar-refractivity contribution in [3.63, 3.8) is 0 Å². The molecule has 0 bridgehead atoms. The molecule has 6 heteroatoms. The zero-order valence-electron chi connectivity index (χ0n) is 14.2. The number of primary amides is 1.